The zero-order valence-corrected chi connectivity index (χ0v) is 29.5. The monoisotopic (exact) mass is 636 g/mol. The molecule has 1 aromatic rings. The minimum atomic E-state index is -1.27. The van der Waals surface area contributed by atoms with Crippen molar-refractivity contribution in [3.8, 4) is 28.7 Å². The molecule has 1 rings (SSSR count). The minimum Gasteiger partial charge on any atom is -0.503 e. The number of aromatic hydroxyl groups is 1. The van der Waals surface area contributed by atoms with E-state index >= 15 is 0 Å². The second-order valence-electron chi connectivity index (χ2n) is 12.5. The molecule has 0 heterocycles. The predicted molar refractivity (Wildman–Crippen MR) is 186 cm³/mol. The van der Waals surface area contributed by atoms with E-state index in [0.717, 1.165) is 103 Å². The molecule has 0 unspecified atom stereocenters. The molecule has 0 aromatic heterocycles. The molecule has 0 aliphatic rings. The Hall–Kier alpha value is -2.31. The number of carboxylic acid groups (broad SMARTS) is 1. The van der Waals surface area contributed by atoms with Gasteiger partial charge in [-0.3, -0.25) is 0 Å². The number of carboxylic acids is 1. The molecule has 0 radical (unpaired) electrons. The molecule has 1 aromatic carbocycles. The lowest BCUT2D eigenvalue weighted by atomic mass is 10.1. The van der Waals surface area contributed by atoms with Gasteiger partial charge < -0.3 is 29.2 Å². The molecule has 0 spiro atoms. The van der Waals surface area contributed by atoms with Gasteiger partial charge in [-0.1, -0.05) is 150 Å². The molecular formula is C38H68O7. The summed E-state index contributed by atoms with van der Waals surface area (Å²) >= 11 is 0. The van der Waals surface area contributed by atoms with Crippen LogP contribution in [0, 0.1) is 0 Å². The summed E-state index contributed by atoms with van der Waals surface area (Å²) in [5.74, 6) is -1.11. The van der Waals surface area contributed by atoms with Crippen molar-refractivity contribution in [1.82, 2.24) is 0 Å². The Morgan fingerprint density at radius 3 is 1.02 bits per heavy atom. The lowest BCUT2D eigenvalue weighted by molar-refractivity contribution is 0.0685. The second kappa shape index (κ2) is 28.0. The van der Waals surface area contributed by atoms with E-state index in [1.165, 1.54) is 44.9 Å². The highest BCUT2D eigenvalue weighted by Gasteiger charge is 2.32. The smallest absolute Gasteiger partial charge is 0.343 e. The molecule has 7 nitrogen and oxygen atoms in total. The van der Waals surface area contributed by atoms with Crippen LogP contribution < -0.4 is 18.9 Å². The van der Waals surface area contributed by atoms with Gasteiger partial charge in [-0.2, -0.15) is 0 Å². The van der Waals surface area contributed by atoms with Gasteiger partial charge in [0.2, 0.25) is 17.2 Å². The van der Waals surface area contributed by atoms with Crippen LogP contribution in [0.25, 0.3) is 0 Å². The first-order valence-corrected chi connectivity index (χ1v) is 18.7. The highest BCUT2D eigenvalue weighted by Crippen LogP contribution is 2.53. The van der Waals surface area contributed by atoms with Crippen LogP contribution in [-0.2, 0) is 0 Å². The lowest BCUT2D eigenvalue weighted by Gasteiger charge is -2.23. The number of hydrogen-bond acceptors (Lipinski definition) is 6. The average Bonchev–Trinajstić information content (AvgIpc) is 3.03. The van der Waals surface area contributed by atoms with Gasteiger partial charge in [-0.25, -0.2) is 4.79 Å². The summed E-state index contributed by atoms with van der Waals surface area (Å²) < 4.78 is 24.9. The number of aromatic carboxylic acids is 1. The topological polar surface area (TPSA) is 94.5 Å². The Bertz CT molecular complexity index is 870. The first-order chi connectivity index (χ1) is 22.0. The molecule has 0 amide bonds. The SMILES string of the molecule is CCCCCCCCCCOc1c(O)c(C(=O)O)c(OCCCCCCC)c(OCCCCCCC)c1OCCCCCCC. The maximum Gasteiger partial charge on any atom is 0.343 e. The third kappa shape index (κ3) is 17.8. The van der Waals surface area contributed by atoms with Crippen molar-refractivity contribution in [3.63, 3.8) is 0 Å². The van der Waals surface area contributed by atoms with Crippen LogP contribution in [0.2, 0.25) is 0 Å². The summed E-state index contributed by atoms with van der Waals surface area (Å²) in [7, 11) is 0. The maximum absolute atomic E-state index is 12.6. The molecule has 2 N–H and O–H groups in total. The van der Waals surface area contributed by atoms with Crippen LogP contribution in [0.5, 0.6) is 28.7 Å². The summed E-state index contributed by atoms with van der Waals surface area (Å²) in [6, 6.07) is 0. The van der Waals surface area contributed by atoms with E-state index in [2.05, 4.69) is 27.7 Å². The Morgan fingerprint density at radius 1 is 0.422 bits per heavy atom. The minimum absolute atomic E-state index is 0.0458. The molecule has 262 valence electrons. The van der Waals surface area contributed by atoms with Gasteiger partial charge in [0.1, 0.15) is 0 Å². The third-order valence-corrected chi connectivity index (χ3v) is 8.24. The number of benzene rings is 1. The second-order valence-corrected chi connectivity index (χ2v) is 12.5. The fourth-order valence-electron chi connectivity index (χ4n) is 5.43. The maximum atomic E-state index is 12.6. The molecular weight excluding hydrogens is 568 g/mol. The van der Waals surface area contributed by atoms with Crippen molar-refractivity contribution in [3.05, 3.63) is 5.56 Å². The van der Waals surface area contributed by atoms with E-state index in [9.17, 15) is 15.0 Å². The molecule has 0 saturated heterocycles. The number of carbonyl (C=O) groups is 1. The first kappa shape index (κ1) is 40.7. The van der Waals surface area contributed by atoms with Gasteiger partial charge >= 0.3 is 5.97 Å². The van der Waals surface area contributed by atoms with E-state index in [1.54, 1.807) is 0 Å². The Morgan fingerprint density at radius 2 is 0.689 bits per heavy atom. The quantitative estimate of drug-likeness (QED) is 0.0760. The summed E-state index contributed by atoms with van der Waals surface area (Å²) in [6.45, 7) is 10.3. The van der Waals surface area contributed by atoms with Crippen LogP contribution in [0.1, 0.15) is 186 Å². The summed E-state index contributed by atoms with van der Waals surface area (Å²) in [5, 5.41) is 21.6. The van der Waals surface area contributed by atoms with Gasteiger partial charge in [0.25, 0.3) is 0 Å². The van der Waals surface area contributed by atoms with E-state index in [-0.39, 0.29) is 28.6 Å². The van der Waals surface area contributed by atoms with Gasteiger partial charge in [0.05, 0.1) is 26.4 Å². The van der Waals surface area contributed by atoms with Crippen LogP contribution >= 0.6 is 0 Å². The van der Waals surface area contributed by atoms with E-state index in [1.807, 2.05) is 0 Å². The van der Waals surface area contributed by atoms with Gasteiger partial charge in [0, 0.05) is 0 Å². The lowest BCUT2D eigenvalue weighted by Crippen LogP contribution is -2.13. The molecule has 0 bridgehead atoms. The van der Waals surface area contributed by atoms with E-state index in [4.69, 9.17) is 18.9 Å². The number of rotatable bonds is 32. The van der Waals surface area contributed by atoms with Crippen LogP contribution in [0.4, 0.5) is 0 Å². The Balaban J connectivity index is 3.25. The predicted octanol–water partition coefficient (Wildman–Crippen LogP) is 11.7. The van der Waals surface area contributed by atoms with Crippen molar-refractivity contribution in [2.75, 3.05) is 26.4 Å². The zero-order chi connectivity index (χ0) is 33.0. The zero-order valence-electron chi connectivity index (χ0n) is 29.5. The number of ether oxygens (including phenoxy) is 4. The highest BCUT2D eigenvalue weighted by atomic mass is 16.6. The van der Waals surface area contributed by atoms with Crippen molar-refractivity contribution in [1.29, 1.82) is 0 Å². The number of phenols is 1. The molecule has 0 aliphatic heterocycles. The van der Waals surface area contributed by atoms with Crippen molar-refractivity contribution in [2.45, 2.75) is 175 Å². The molecule has 0 atom stereocenters. The highest BCUT2D eigenvalue weighted by molar-refractivity contribution is 5.97. The van der Waals surface area contributed by atoms with Crippen LogP contribution in [0.3, 0.4) is 0 Å². The number of hydrogen-bond donors (Lipinski definition) is 2. The van der Waals surface area contributed by atoms with E-state index in [0.29, 0.717) is 26.4 Å². The molecule has 0 saturated carbocycles. The van der Waals surface area contributed by atoms with E-state index < -0.39 is 11.7 Å². The molecule has 0 aliphatic carbocycles. The van der Waals surface area contributed by atoms with Gasteiger partial charge in [-0.05, 0) is 25.7 Å². The Labute approximate surface area is 275 Å². The average molecular weight is 637 g/mol. The van der Waals surface area contributed by atoms with Crippen molar-refractivity contribution < 1.29 is 34.0 Å². The van der Waals surface area contributed by atoms with Crippen LogP contribution in [0.15, 0.2) is 0 Å². The molecule has 0 fully saturated rings. The fraction of sp³-hybridized carbons (Fsp3) is 0.816. The summed E-state index contributed by atoms with van der Waals surface area (Å²) in [5.41, 5.74) is -0.314. The standard InChI is InChI=1S/C38H68O7/c1-5-9-13-17-18-19-23-27-29-43-35-33(39)32(38(40)41)34(42-28-24-20-14-10-6-2)36(44-30-25-21-15-11-7-3)37(35)45-31-26-22-16-12-8-4/h39H,5-31H2,1-4H3,(H,40,41). The van der Waals surface area contributed by atoms with Gasteiger partial charge in [0.15, 0.2) is 17.1 Å². The largest absolute Gasteiger partial charge is 0.503 e. The number of unbranched alkanes of at least 4 members (excludes halogenated alkanes) is 19. The molecule has 7 heteroatoms. The molecule has 45 heavy (non-hydrogen) atoms. The Kier molecular flexibility index (Phi) is 25.3. The normalized spacial score (nSPS) is 11.1. The first-order valence-electron chi connectivity index (χ1n) is 18.7. The summed E-state index contributed by atoms with van der Waals surface area (Å²) in [4.78, 5) is 12.6. The van der Waals surface area contributed by atoms with Gasteiger partial charge in [-0.15, -0.1) is 0 Å². The van der Waals surface area contributed by atoms with Crippen LogP contribution in [-0.4, -0.2) is 42.6 Å². The van der Waals surface area contributed by atoms with Crippen molar-refractivity contribution in [2.24, 2.45) is 0 Å². The van der Waals surface area contributed by atoms with Crippen molar-refractivity contribution >= 4 is 5.97 Å². The summed E-state index contributed by atoms with van der Waals surface area (Å²) in [6.07, 6.45) is 25.2. The third-order valence-electron chi connectivity index (χ3n) is 8.24. The fourth-order valence-corrected chi connectivity index (χ4v) is 5.43.